The van der Waals surface area contributed by atoms with Crippen molar-refractivity contribution in [1.82, 2.24) is 14.9 Å². The maximum atomic E-state index is 12.9. The van der Waals surface area contributed by atoms with Crippen molar-refractivity contribution in [2.24, 2.45) is 0 Å². The van der Waals surface area contributed by atoms with Gasteiger partial charge in [0.05, 0.1) is 22.5 Å². The van der Waals surface area contributed by atoms with E-state index < -0.39 is 10.0 Å². The minimum absolute atomic E-state index is 0.109. The van der Waals surface area contributed by atoms with Gasteiger partial charge < -0.3 is 9.64 Å². The van der Waals surface area contributed by atoms with Crippen LogP contribution < -0.4 is 9.46 Å². The molecule has 0 aliphatic carbocycles. The lowest BCUT2D eigenvalue weighted by Gasteiger charge is -2.26. The highest BCUT2D eigenvalue weighted by Gasteiger charge is 2.20. The maximum Gasteiger partial charge on any atom is 0.263 e. The van der Waals surface area contributed by atoms with Crippen molar-refractivity contribution in [3.63, 3.8) is 0 Å². The van der Waals surface area contributed by atoms with Crippen molar-refractivity contribution in [3.05, 3.63) is 54.1 Å². The highest BCUT2D eigenvalue weighted by molar-refractivity contribution is 7.92. The van der Waals surface area contributed by atoms with Gasteiger partial charge in [0.2, 0.25) is 5.82 Å². The molecule has 1 fully saturated rings. The van der Waals surface area contributed by atoms with Gasteiger partial charge in [-0.3, -0.25) is 4.72 Å². The Morgan fingerprint density at radius 2 is 1.74 bits per heavy atom. The summed E-state index contributed by atoms with van der Waals surface area (Å²) in [5.41, 5.74) is 2.12. The average molecular weight is 441 g/mol. The van der Waals surface area contributed by atoms with Crippen molar-refractivity contribution in [1.29, 1.82) is 0 Å². The first kappa shape index (κ1) is 21.5. The van der Waals surface area contributed by atoms with E-state index in [4.69, 9.17) is 4.74 Å². The Bertz CT molecular complexity index is 1140. The number of rotatable bonds is 8. The Hall–Kier alpha value is -2.71. The van der Waals surface area contributed by atoms with Gasteiger partial charge in [-0.05, 0) is 69.1 Å². The minimum Gasteiger partial charge on any atom is -0.475 e. The quantitative estimate of drug-likeness (QED) is 0.533. The fourth-order valence-corrected chi connectivity index (χ4v) is 4.86. The normalized spacial score (nSPS) is 15.1. The molecule has 8 heteroatoms. The first-order valence-corrected chi connectivity index (χ1v) is 12.2. The van der Waals surface area contributed by atoms with E-state index in [1.54, 1.807) is 24.3 Å². The predicted octanol–water partition coefficient (Wildman–Crippen LogP) is 3.99. The number of ether oxygens (including phenoxy) is 1. The number of hydrogen-bond donors (Lipinski definition) is 1. The molecule has 0 bridgehead atoms. The summed E-state index contributed by atoms with van der Waals surface area (Å²) in [6, 6.07) is 14.1. The summed E-state index contributed by atoms with van der Waals surface area (Å²) < 4.78 is 34.4. The van der Waals surface area contributed by atoms with Gasteiger partial charge in [-0.1, -0.05) is 30.7 Å². The van der Waals surface area contributed by atoms with Crippen molar-refractivity contribution in [2.45, 2.75) is 37.5 Å². The third-order valence-corrected chi connectivity index (χ3v) is 6.71. The Morgan fingerprint density at radius 1 is 1.00 bits per heavy atom. The van der Waals surface area contributed by atoms with Crippen LogP contribution in [0.15, 0.2) is 53.4 Å². The van der Waals surface area contributed by atoms with E-state index in [-0.39, 0.29) is 16.6 Å². The molecule has 1 N–H and O–H groups in total. The van der Waals surface area contributed by atoms with Crippen molar-refractivity contribution < 1.29 is 13.2 Å². The molecule has 0 radical (unpaired) electrons. The SMILES string of the molecule is Cc1cccc(S(=O)(=O)Nc2nc3ccccc3nc2OCCCN2CCCCC2)c1. The number of sulfonamides is 1. The molecule has 0 unspecified atom stereocenters. The second kappa shape index (κ2) is 9.62. The molecule has 3 aromatic rings. The number of benzene rings is 2. The van der Waals surface area contributed by atoms with Crippen LogP contribution in [0.2, 0.25) is 0 Å². The van der Waals surface area contributed by atoms with Crippen molar-refractivity contribution >= 4 is 26.9 Å². The molecule has 0 saturated carbocycles. The Kier molecular flexibility index (Phi) is 6.67. The first-order chi connectivity index (χ1) is 15.0. The van der Waals surface area contributed by atoms with E-state index in [0.29, 0.717) is 17.6 Å². The minimum atomic E-state index is -3.82. The topological polar surface area (TPSA) is 84.4 Å². The molecule has 31 heavy (non-hydrogen) atoms. The summed E-state index contributed by atoms with van der Waals surface area (Å²) >= 11 is 0. The molecule has 1 aliphatic heterocycles. The molecular weight excluding hydrogens is 412 g/mol. The third-order valence-electron chi connectivity index (χ3n) is 5.38. The van der Waals surface area contributed by atoms with Gasteiger partial charge in [0.15, 0.2) is 0 Å². The van der Waals surface area contributed by atoms with Gasteiger partial charge >= 0.3 is 0 Å². The number of likely N-dealkylation sites (tertiary alicyclic amines) is 1. The van der Waals surface area contributed by atoms with Crippen LogP contribution in [-0.4, -0.2) is 49.5 Å². The standard InChI is InChI=1S/C23H28N4O3S/c1-18-9-7-10-19(17-18)31(28,29)26-22-23(25-21-12-4-3-11-20(21)24-22)30-16-8-15-27-13-5-2-6-14-27/h3-4,7,9-12,17H,2,5-6,8,13-16H2,1H3,(H,24,26). The van der Waals surface area contributed by atoms with Crippen LogP contribution in [0.3, 0.4) is 0 Å². The van der Waals surface area contributed by atoms with Crippen LogP contribution in [0, 0.1) is 6.92 Å². The van der Waals surface area contributed by atoms with Crippen molar-refractivity contribution in [3.8, 4) is 5.88 Å². The van der Waals surface area contributed by atoms with Crippen LogP contribution in [0.4, 0.5) is 5.82 Å². The van der Waals surface area contributed by atoms with Crippen molar-refractivity contribution in [2.75, 3.05) is 31.0 Å². The zero-order valence-electron chi connectivity index (χ0n) is 17.8. The number of aromatic nitrogens is 2. The summed E-state index contributed by atoms with van der Waals surface area (Å²) in [7, 11) is -3.82. The number of nitrogens with zero attached hydrogens (tertiary/aromatic N) is 3. The lowest BCUT2D eigenvalue weighted by atomic mass is 10.1. The zero-order chi connectivity index (χ0) is 21.7. The summed E-state index contributed by atoms with van der Waals surface area (Å²) in [6.45, 7) is 5.54. The van der Waals surface area contributed by atoms with Gasteiger partial charge in [-0.15, -0.1) is 0 Å². The van der Waals surface area contributed by atoms with Gasteiger partial charge in [0, 0.05) is 6.54 Å². The van der Waals surface area contributed by atoms with Gasteiger partial charge in [0.25, 0.3) is 15.9 Å². The van der Waals surface area contributed by atoms with Crippen LogP contribution in [0.25, 0.3) is 11.0 Å². The number of fused-ring (bicyclic) bond motifs is 1. The number of nitrogens with one attached hydrogen (secondary N) is 1. The molecule has 7 nitrogen and oxygen atoms in total. The first-order valence-electron chi connectivity index (χ1n) is 10.7. The fraction of sp³-hybridized carbons (Fsp3) is 0.391. The molecule has 1 saturated heterocycles. The molecule has 1 aliphatic rings. The number of piperidine rings is 1. The second-order valence-electron chi connectivity index (χ2n) is 7.89. The van der Waals surface area contributed by atoms with E-state index >= 15 is 0 Å². The van der Waals surface area contributed by atoms with Crippen LogP contribution in [0.1, 0.15) is 31.2 Å². The summed E-state index contributed by atoms with van der Waals surface area (Å²) in [5.74, 6) is 0.312. The predicted molar refractivity (Wildman–Crippen MR) is 122 cm³/mol. The molecule has 1 aromatic heterocycles. The van der Waals surface area contributed by atoms with E-state index in [0.717, 1.165) is 31.6 Å². The van der Waals surface area contributed by atoms with Crippen LogP contribution in [-0.2, 0) is 10.0 Å². The number of hydrogen-bond acceptors (Lipinski definition) is 6. The smallest absolute Gasteiger partial charge is 0.263 e. The van der Waals surface area contributed by atoms with E-state index in [1.165, 1.54) is 19.3 Å². The highest BCUT2D eigenvalue weighted by Crippen LogP contribution is 2.26. The molecule has 164 valence electrons. The second-order valence-corrected chi connectivity index (χ2v) is 9.57. The monoisotopic (exact) mass is 440 g/mol. The number of aryl methyl sites for hydroxylation is 1. The molecule has 2 heterocycles. The molecule has 0 atom stereocenters. The maximum absolute atomic E-state index is 12.9. The fourth-order valence-electron chi connectivity index (χ4n) is 3.76. The molecule has 4 rings (SSSR count). The lowest BCUT2D eigenvalue weighted by molar-refractivity contribution is 0.203. The molecule has 0 spiro atoms. The summed E-state index contributed by atoms with van der Waals surface area (Å²) in [6.07, 6.45) is 4.66. The Labute approximate surface area is 183 Å². The Morgan fingerprint density at radius 3 is 2.48 bits per heavy atom. The molecule has 2 aromatic carbocycles. The lowest BCUT2D eigenvalue weighted by Crippen LogP contribution is -2.31. The molecular formula is C23H28N4O3S. The highest BCUT2D eigenvalue weighted by atomic mass is 32.2. The number of para-hydroxylation sites is 2. The number of anilines is 1. The van der Waals surface area contributed by atoms with E-state index in [1.807, 2.05) is 31.2 Å². The van der Waals surface area contributed by atoms with Gasteiger partial charge in [0.1, 0.15) is 0 Å². The zero-order valence-corrected chi connectivity index (χ0v) is 18.6. The van der Waals surface area contributed by atoms with E-state index in [2.05, 4.69) is 19.6 Å². The summed E-state index contributed by atoms with van der Waals surface area (Å²) in [4.78, 5) is 11.6. The van der Waals surface area contributed by atoms with Gasteiger partial charge in [-0.2, -0.15) is 0 Å². The van der Waals surface area contributed by atoms with Crippen LogP contribution in [0.5, 0.6) is 5.88 Å². The Balaban J connectivity index is 1.53. The average Bonchev–Trinajstić information content (AvgIpc) is 2.77. The van der Waals surface area contributed by atoms with Gasteiger partial charge in [-0.25, -0.2) is 18.4 Å². The van der Waals surface area contributed by atoms with E-state index in [9.17, 15) is 8.42 Å². The summed E-state index contributed by atoms with van der Waals surface area (Å²) in [5, 5.41) is 0. The third kappa shape index (κ3) is 5.51. The molecule has 0 amide bonds. The van der Waals surface area contributed by atoms with Crippen LogP contribution >= 0.6 is 0 Å². The largest absolute Gasteiger partial charge is 0.475 e.